The van der Waals surface area contributed by atoms with E-state index in [-0.39, 0.29) is 6.54 Å². The normalized spacial score (nSPS) is 18.6. The molecule has 1 aliphatic rings. The van der Waals surface area contributed by atoms with Crippen LogP contribution in [0.5, 0.6) is 0 Å². The lowest BCUT2D eigenvalue weighted by atomic mass is 9.90. The molecule has 0 amide bonds. The molecule has 136 valence electrons. The molecule has 0 aliphatic carbocycles. The van der Waals surface area contributed by atoms with Crippen molar-refractivity contribution < 1.29 is 36.2 Å². The van der Waals surface area contributed by atoms with E-state index in [0.717, 1.165) is 12.1 Å². The van der Waals surface area contributed by atoms with Crippen molar-refractivity contribution >= 4 is 0 Å². The van der Waals surface area contributed by atoms with Gasteiger partial charge >= 0.3 is 12.4 Å². The number of benzene rings is 1. The first-order chi connectivity index (χ1) is 11.1. The Kier molecular flexibility index (Phi) is 5.77. The molecule has 1 aliphatic heterocycles. The Labute approximate surface area is 134 Å². The van der Waals surface area contributed by atoms with Crippen LogP contribution in [0.25, 0.3) is 0 Å². The van der Waals surface area contributed by atoms with Crippen molar-refractivity contribution in [3.05, 3.63) is 34.9 Å². The highest BCUT2D eigenvalue weighted by Crippen LogP contribution is 2.43. The summed E-state index contributed by atoms with van der Waals surface area (Å²) in [5.74, 6) is -1.07. The minimum atomic E-state index is -5.17. The Morgan fingerprint density at radius 1 is 1.04 bits per heavy atom. The zero-order valence-corrected chi connectivity index (χ0v) is 12.6. The maximum atomic E-state index is 13.3. The molecule has 1 N–H and O–H groups in total. The molecule has 2 rings (SSSR count). The summed E-state index contributed by atoms with van der Waals surface area (Å²) in [5, 5.41) is 9.49. The van der Waals surface area contributed by atoms with Crippen LogP contribution in [0.4, 0.5) is 26.3 Å². The fourth-order valence-corrected chi connectivity index (χ4v) is 2.81. The van der Waals surface area contributed by atoms with E-state index < -0.39 is 41.6 Å². The van der Waals surface area contributed by atoms with E-state index in [2.05, 4.69) is 0 Å². The molecule has 1 aromatic rings. The predicted octanol–water partition coefficient (Wildman–Crippen LogP) is 3.13. The van der Waals surface area contributed by atoms with Crippen LogP contribution in [0.15, 0.2) is 18.2 Å². The van der Waals surface area contributed by atoms with Crippen LogP contribution in [-0.4, -0.2) is 49.5 Å². The van der Waals surface area contributed by atoms with Gasteiger partial charge in [-0.05, 0) is 11.6 Å². The minimum Gasteiger partial charge on any atom is -0.396 e. The van der Waals surface area contributed by atoms with Gasteiger partial charge in [-0.15, -0.1) is 0 Å². The van der Waals surface area contributed by atoms with Gasteiger partial charge in [0.05, 0.1) is 30.9 Å². The molecule has 1 atom stereocenters. The van der Waals surface area contributed by atoms with Crippen molar-refractivity contribution in [1.82, 2.24) is 4.90 Å². The smallest absolute Gasteiger partial charge is 0.396 e. The monoisotopic (exact) mass is 357 g/mol. The number of morpholine rings is 1. The number of hydrogen-bond acceptors (Lipinski definition) is 3. The summed E-state index contributed by atoms with van der Waals surface area (Å²) < 4.78 is 84.0. The van der Waals surface area contributed by atoms with Crippen molar-refractivity contribution in [2.75, 3.05) is 39.5 Å². The number of alkyl halides is 6. The van der Waals surface area contributed by atoms with Crippen LogP contribution in [0.3, 0.4) is 0 Å². The molecule has 0 aromatic heterocycles. The third-order valence-corrected chi connectivity index (χ3v) is 3.93. The third kappa shape index (κ3) is 4.40. The number of halogens is 6. The van der Waals surface area contributed by atoms with Crippen molar-refractivity contribution in [2.24, 2.45) is 0 Å². The van der Waals surface area contributed by atoms with E-state index in [1.165, 1.54) is 0 Å². The molecule has 1 heterocycles. The van der Waals surface area contributed by atoms with E-state index in [9.17, 15) is 31.4 Å². The van der Waals surface area contributed by atoms with Crippen LogP contribution >= 0.6 is 0 Å². The average Bonchev–Trinajstić information content (AvgIpc) is 2.51. The van der Waals surface area contributed by atoms with Gasteiger partial charge < -0.3 is 9.84 Å². The topological polar surface area (TPSA) is 32.7 Å². The molecule has 0 saturated carbocycles. The molecule has 1 saturated heterocycles. The summed E-state index contributed by atoms with van der Waals surface area (Å²) in [5.41, 5.74) is -3.98. The van der Waals surface area contributed by atoms with Crippen LogP contribution in [0.1, 0.15) is 22.6 Å². The molecule has 1 aromatic carbocycles. The maximum Gasteiger partial charge on any atom is 0.417 e. The second-order valence-electron chi connectivity index (χ2n) is 5.56. The summed E-state index contributed by atoms with van der Waals surface area (Å²) in [6.45, 7) is 1.05. The number of ether oxygens (including phenoxy) is 1. The first kappa shape index (κ1) is 19.0. The van der Waals surface area contributed by atoms with Crippen LogP contribution in [0, 0.1) is 0 Å². The zero-order chi connectivity index (χ0) is 18.0. The van der Waals surface area contributed by atoms with Gasteiger partial charge in [0.25, 0.3) is 0 Å². The lowest BCUT2D eigenvalue weighted by molar-refractivity contribution is -0.162. The molecule has 0 unspecified atom stereocenters. The standard InChI is InChI=1S/C15H17F6NO2/c16-14(17,18)12-3-1-2-11(13(12)15(19,20)21)10(9-23)8-22-4-6-24-7-5-22/h1-3,10,23H,4-9H2/t10-/m1/s1. The van der Waals surface area contributed by atoms with Gasteiger partial charge in [0.15, 0.2) is 0 Å². The van der Waals surface area contributed by atoms with Crippen LogP contribution in [-0.2, 0) is 17.1 Å². The van der Waals surface area contributed by atoms with E-state index in [0.29, 0.717) is 32.4 Å². The summed E-state index contributed by atoms with van der Waals surface area (Å²) in [6.07, 6.45) is -10.3. The van der Waals surface area contributed by atoms with E-state index in [4.69, 9.17) is 4.74 Å². The van der Waals surface area contributed by atoms with Gasteiger partial charge in [0, 0.05) is 25.6 Å². The Bertz CT molecular complexity index is 552. The van der Waals surface area contributed by atoms with Crippen LogP contribution < -0.4 is 0 Å². The lowest BCUT2D eigenvalue weighted by Gasteiger charge is -2.31. The molecule has 0 spiro atoms. The number of aliphatic hydroxyl groups excluding tert-OH is 1. The van der Waals surface area contributed by atoms with Crippen molar-refractivity contribution in [2.45, 2.75) is 18.3 Å². The number of aliphatic hydroxyl groups is 1. The summed E-state index contributed by atoms with van der Waals surface area (Å²) in [7, 11) is 0. The predicted molar refractivity (Wildman–Crippen MR) is 73.5 cm³/mol. The molecule has 0 radical (unpaired) electrons. The molecular weight excluding hydrogens is 340 g/mol. The first-order valence-corrected chi connectivity index (χ1v) is 7.33. The molecule has 0 bridgehead atoms. The Morgan fingerprint density at radius 3 is 2.17 bits per heavy atom. The lowest BCUT2D eigenvalue weighted by Crippen LogP contribution is -2.40. The largest absolute Gasteiger partial charge is 0.417 e. The highest BCUT2D eigenvalue weighted by atomic mass is 19.4. The van der Waals surface area contributed by atoms with E-state index in [1.54, 1.807) is 4.90 Å². The Balaban J connectivity index is 2.43. The maximum absolute atomic E-state index is 13.3. The second-order valence-corrected chi connectivity index (χ2v) is 5.56. The Hall–Kier alpha value is -1.32. The summed E-state index contributed by atoms with van der Waals surface area (Å²) in [6, 6.07) is 2.35. The highest BCUT2D eigenvalue weighted by Gasteiger charge is 2.45. The average molecular weight is 357 g/mol. The SMILES string of the molecule is OC[C@@H](CN1CCOCC1)c1cccc(C(F)(F)F)c1C(F)(F)F. The van der Waals surface area contributed by atoms with Crippen molar-refractivity contribution in [1.29, 1.82) is 0 Å². The van der Waals surface area contributed by atoms with Gasteiger partial charge in [0.1, 0.15) is 0 Å². The second kappa shape index (κ2) is 7.28. The Morgan fingerprint density at radius 2 is 1.67 bits per heavy atom. The fraction of sp³-hybridized carbons (Fsp3) is 0.600. The van der Waals surface area contributed by atoms with Gasteiger partial charge in [-0.2, -0.15) is 26.3 Å². The molecule has 1 fully saturated rings. The zero-order valence-electron chi connectivity index (χ0n) is 12.6. The van der Waals surface area contributed by atoms with Crippen LogP contribution in [0.2, 0.25) is 0 Å². The number of nitrogens with zero attached hydrogens (tertiary/aromatic N) is 1. The van der Waals surface area contributed by atoms with E-state index in [1.807, 2.05) is 0 Å². The minimum absolute atomic E-state index is 0.0320. The molecule has 9 heteroatoms. The highest BCUT2D eigenvalue weighted by molar-refractivity contribution is 5.41. The number of rotatable bonds is 4. The summed E-state index contributed by atoms with van der Waals surface area (Å²) >= 11 is 0. The van der Waals surface area contributed by atoms with Crippen molar-refractivity contribution in [3.63, 3.8) is 0 Å². The first-order valence-electron chi connectivity index (χ1n) is 7.33. The molecule has 3 nitrogen and oxygen atoms in total. The molecular formula is C15H17F6NO2. The van der Waals surface area contributed by atoms with Crippen molar-refractivity contribution in [3.8, 4) is 0 Å². The molecule has 24 heavy (non-hydrogen) atoms. The third-order valence-electron chi connectivity index (χ3n) is 3.93. The van der Waals surface area contributed by atoms with Gasteiger partial charge in [0.2, 0.25) is 0 Å². The summed E-state index contributed by atoms with van der Waals surface area (Å²) in [4.78, 5) is 1.77. The van der Waals surface area contributed by atoms with Gasteiger partial charge in [-0.1, -0.05) is 12.1 Å². The van der Waals surface area contributed by atoms with E-state index >= 15 is 0 Å². The fourth-order valence-electron chi connectivity index (χ4n) is 2.81. The number of hydrogen-bond donors (Lipinski definition) is 1. The quantitative estimate of drug-likeness (QED) is 0.841. The van der Waals surface area contributed by atoms with Gasteiger partial charge in [-0.3, -0.25) is 4.90 Å². The van der Waals surface area contributed by atoms with Gasteiger partial charge in [-0.25, -0.2) is 0 Å².